The molecule has 1 aromatic carbocycles. The van der Waals surface area contributed by atoms with Gasteiger partial charge in [-0.1, -0.05) is 18.2 Å². The molecule has 0 atom stereocenters. The second-order valence-corrected chi connectivity index (χ2v) is 7.51. The number of aromatic nitrogens is 2. The van der Waals surface area contributed by atoms with Gasteiger partial charge in [-0.3, -0.25) is 14.7 Å². The van der Waals surface area contributed by atoms with Gasteiger partial charge < -0.3 is 9.80 Å². The van der Waals surface area contributed by atoms with E-state index in [-0.39, 0.29) is 17.4 Å². The summed E-state index contributed by atoms with van der Waals surface area (Å²) in [7, 11) is 0. The molecule has 0 saturated carbocycles. The summed E-state index contributed by atoms with van der Waals surface area (Å²) in [6, 6.07) is 11.6. The molecule has 144 valence electrons. The van der Waals surface area contributed by atoms with Crippen molar-refractivity contribution < 1.29 is 14.0 Å². The predicted molar refractivity (Wildman–Crippen MR) is 105 cm³/mol. The molecule has 1 aliphatic heterocycles. The Morgan fingerprint density at radius 1 is 1.00 bits per heavy atom. The monoisotopic (exact) mass is 398 g/mol. The number of carbonyl (C=O) groups is 2. The predicted octanol–water partition coefficient (Wildman–Crippen LogP) is 3.27. The van der Waals surface area contributed by atoms with Crippen molar-refractivity contribution in [3.8, 4) is 10.6 Å². The molecular weight excluding hydrogens is 379 g/mol. The van der Waals surface area contributed by atoms with Crippen molar-refractivity contribution in [3.05, 3.63) is 64.9 Å². The molecule has 0 unspecified atom stereocenters. The molecule has 4 rings (SSSR count). The molecule has 8 heteroatoms. The number of nitrogens with one attached hydrogen (secondary N) is 1. The zero-order valence-electron chi connectivity index (χ0n) is 15.1. The Hall–Kier alpha value is -3.00. The number of benzene rings is 1. The summed E-state index contributed by atoms with van der Waals surface area (Å²) in [6.07, 6.45) is 0.633. The van der Waals surface area contributed by atoms with Crippen molar-refractivity contribution in [1.82, 2.24) is 20.0 Å². The molecule has 6 nitrogen and oxygen atoms in total. The van der Waals surface area contributed by atoms with Gasteiger partial charge in [0.2, 0.25) is 0 Å². The lowest BCUT2D eigenvalue weighted by Gasteiger charge is -2.22. The minimum Gasteiger partial charge on any atom is -0.337 e. The van der Waals surface area contributed by atoms with Gasteiger partial charge in [0.05, 0.1) is 16.1 Å². The highest BCUT2D eigenvalue weighted by Crippen LogP contribution is 2.23. The van der Waals surface area contributed by atoms with Crippen LogP contribution in [0.2, 0.25) is 0 Å². The Morgan fingerprint density at radius 2 is 1.75 bits per heavy atom. The second kappa shape index (κ2) is 7.93. The highest BCUT2D eigenvalue weighted by atomic mass is 32.1. The zero-order valence-corrected chi connectivity index (χ0v) is 15.9. The van der Waals surface area contributed by atoms with Gasteiger partial charge in [-0.25, -0.2) is 4.39 Å². The van der Waals surface area contributed by atoms with Crippen molar-refractivity contribution in [2.45, 2.75) is 6.42 Å². The van der Waals surface area contributed by atoms with Crippen LogP contribution in [0.25, 0.3) is 10.6 Å². The van der Waals surface area contributed by atoms with Crippen molar-refractivity contribution in [1.29, 1.82) is 0 Å². The molecular formula is C20H19FN4O2S. The van der Waals surface area contributed by atoms with E-state index < -0.39 is 5.82 Å². The first-order valence-electron chi connectivity index (χ1n) is 9.06. The average Bonchev–Trinajstić information content (AvgIpc) is 3.35. The van der Waals surface area contributed by atoms with Gasteiger partial charge in [0.1, 0.15) is 5.82 Å². The number of amides is 2. The van der Waals surface area contributed by atoms with Crippen LogP contribution < -0.4 is 0 Å². The molecule has 0 radical (unpaired) electrons. The van der Waals surface area contributed by atoms with Gasteiger partial charge in [-0.2, -0.15) is 5.10 Å². The van der Waals surface area contributed by atoms with Gasteiger partial charge in [0, 0.05) is 26.2 Å². The van der Waals surface area contributed by atoms with Crippen LogP contribution in [0.4, 0.5) is 4.39 Å². The Bertz CT molecular complexity index is 986. The Labute approximate surface area is 165 Å². The summed E-state index contributed by atoms with van der Waals surface area (Å²) >= 11 is 1.57. The molecule has 2 amide bonds. The fraction of sp³-hybridized carbons (Fsp3) is 0.250. The van der Waals surface area contributed by atoms with Gasteiger partial charge in [0.15, 0.2) is 5.69 Å². The van der Waals surface area contributed by atoms with Crippen molar-refractivity contribution in [2.75, 3.05) is 26.2 Å². The van der Waals surface area contributed by atoms with Crippen LogP contribution in [0.15, 0.2) is 47.8 Å². The van der Waals surface area contributed by atoms with Crippen LogP contribution in [0.3, 0.4) is 0 Å². The van der Waals surface area contributed by atoms with Crippen LogP contribution in [0, 0.1) is 5.82 Å². The largest absolute Gasteiger partial charge is 0.337 e. The SMILES string of the molecule is O=C(c1cc(-c2cccs2)[nH]n1)N1CCCN(C(=O)c2ccccc2F)CC1. The van der Waals surface area contributed by atoms with Crippen molar-refractivity contribution in [3.63, 3.8) is 0 Å². The van der Waals surface area contributed by atoms with Gasteiger partial charge in [-0.15, -0.1) is 11.3 Å². The normalized spacial score (nSPS) is 14.8. The molecule has 0 spiro atoms. The molecule has 28 heavy (non-hydrogen) atoms. The summed E-state index contributed by atoms with van der Waals surface area (Å²) in [5.41, 5.74) is 1.23. The maximum atomic E-state index is 13.9. The minimum atomic E-state index is -0.526. The molecule has 1 aliphatic rings. The van der Waals surface area contributed by atoms with E-state index in [1.807, 2.05) is 17.5 Å². The molecule has 1 N–H and O–H groups in total. The Kier molecular flexibility index (Phi) is 5.21. The van der Waals surface area contributed by atoms with E-state index in [0.29, 0.717) is 38.3 Å². The third-order valence-corrected chi connectivity index (χ3v) is 5.66. The lowest BCUT2D eigenvalue weighted by Crippen LogP contribution is -2.37. The highest BCUT2D eigenvalue weighted by Gasteiger charge is 2.26. The summed E-state index contributed by atoms with van der Waals surface area (Å²) in [6.45, 7) is 1.76. The number of halogens is 1. The average molecular weight is 398 g/mol. The van der Waals surface area contributed by atoms with Gasteiger partial charge in [0.25, 0.3) is 11.8 Å². The molecule has 2 aromatic heterocycles. The molecule has 3 aromatic rings. The van der Waals surface area contributed by atoms with Crippen LogP contribution in [0.1, 0.15) is 27.3 Å². The van der Waals surface area contributed by atoms with Gasteiger partial charge >= 0.3 is 0 Å². The lowest BCUT2D eigenvalue weighted by molar-refractivity contribution is 0.0713. The number of aromatic amines is 1. The van der Waals surface area contributed by atoms with Crippen LogP contribution in [-0.2, 0) is 0 Å². The van der Waals surface area contributed by atoms with Crippen LogP contribution in [-0.4, -0.2) is 58.0 Å². The van der Waals surface area contributed by atoms with Crippen LogP contribution in [0.5, 0.6) is 0 Å². The van der Waals surface area contributed by atoms with Crippen LogP contribution >= 0.6 is 11.3 Å². The lowest BCUT2D eigenvalue weighted by atomic mass is 10.2. The van der Waals surface area contributed by atoms with Gasteiger partial charge in [-0.05, 0) is 36.1 Å². The first-order valence-corrected chi connectivity index (χ1v) is 9.94. The quantitative estimate of drug-likeness (QED) is 0.736. The molecule has 1 saturated heterocycles. The smallest absolute Gasteiger partial charge is 0.274 e. The third-order valence-electron chi connectivity index (χ3n) is 4.76. The summed E-state index contributed by atoms with van der Waals surface area (Å²) < 4.78 is 13.9. The Morgan fingerprint density at radius 3 is 2.46 bits per heavy atom. The second-order valence-electron chi connectivity index (χ2n) is 6.56. The van der Waals surface area contributed by atoms with E-state index >= 15 is 0 Å². The minimum absolute atomic E-state index is 0.0650. The summed E-state index contributed by atoms with van der Waals surface area (Å²) in [5.74, 6) is -1.03. The van der Waals surface area contributed by atoms with E-state index in [4.69, 9.17) is 0 Å². The molecule has 0 aliphatic carbocycles. The fourth-order valence-corrected chi connectivity index (χ4v) is 3.97. The first kappa shape index (κ1) is 18.4. The molecule has 0 bridgehead atoms. The first-order chi connectivity index (χ1) is 13.6. The number of thiophene rings is 1. The number of H-pyrrole nitrogens is 1. The maximum Gasteiger partial charge on any atom is 0.274 e. The number of hydrogen-bond donors (Lipinski definition) is 1. The van der Waals surface area contributed by atoms with Crippen molar-refractivity contribution in [2.24, 2.45) is 0 Å². The molecule has 3 heterocycles. The zero-order chi connectivity index (χ0) is 19.5. The number of rotatable bonds is 3. The fourth-order valence-electron chi connectivity index (χ4n) is 3.28. The van der Waals surface area contributed by atoms with Crippen molar-refractivity contribution >= 4 is 23.2 Å². The standard InChI is InChI=1S/C20H19FN4O2S/c21-15-6-2-1-5-14(15)19(26)24-8-4-9-25(11-10-24)20(27)17-13-16(22-23-17)18-7-3-12-28-18/h1-3,5-7,12-13H,4,8-11H2,(H,22,23). The maximum absolute atomic E-state index is 13.9. The Balaban J connectivity index is 1.43. The van der Waals surface area contributed by atoms with E-state index in [2.05, 4.69) is 10.2 Å². The summed E-state index contributed by atoms with van der Waals surface area (Å²) in [4.78, 5) is 29.8. The number of carbonyl (C=O) groups excluding carboxylic acids is 2. The van der Waals surface area contributed by atoms with E-state index in [1.54, 1.807) is 39.3 Å². The molecule has 1 fully saturated rings. The topological polar surface area (TPSA) is 69.3 Å². The third kappa shape index (κ3) is 3.68. The number of hydrogen-bond acceptors (Lipinski definition) is 4. The van der Waals surface area contributed by atoms with E-state index in [9.17, 15) is 14.0 Å². The number of nitrogens with zero attached hydrogens (tertiary/aromatic N) is 3. The highest BCUT2D eigenvalue weighted by molar-refractivity contribution is 7.13. The van der Waals surface area contributed by atoms with E-state index in [1.165, 1.54) is 12.1 Å². The summed E-state index contributed by atoms with van der Waals surface area (Å²) in [5, 5.41) is 9.02. The van der Waals surface area contributed by atoms with E-state index in [0.717, 1.165) is 10.6 Å².